The summed E-state index contributed by atoms with van der Waals surface area (Å²) < 4.78 is 18.0. The van der Waals surface area contributed by atoms with Crippen LogP contribution >= 0.6 is 23.4 Å². The predicted octanol–water partition coefficient (Wildman–Crippen LogP) is 4.52. The third-order valence-corrected chi connectivity index (χ3v) is 4.57. The maximum absolute atomic E-state index is 13.1. The first-order chi connectivity index (χ1) is 11.5. The number of nitrogens with zero attached hydrogens (tertiary/aromatic N) is 2. The van der Waals surface area contributed by atoms with Crippen molar-refractivity contribution >= 4 is 29.3 Å². The van der Waals surface area contributed by atoms with Crippen LogP contribution in [-0.2, 0) is 10.5 Å². The van der Waals surface area contributed by atoms with E-state index in [4.69, 9.17) is 16.3 Å². The Morgan fingerprint density at radius 2 is 2.21 bits per heavy atom. The van der Waals surface area contributed by atoms with Gasteiger partial charge in [0.2, 0.25) is 0 Å². The van der Waals surface area contributed by atoms with Crippen LogP contribution in [0.1, 0.15) is 34.1 Å². The van der Waals surface area contributed by atoms with Gasteiger partial charge in [-0.1, -0.05) is 17.7 Å². The Labute approximate surface area is 148 Å². The number of pyridine rings is 1. The zero-order chi connectivity index (χ0) is 17.7. The summed E-state index contributed by atoms with van der Waals surface area (Å²) in [5.41, 5.74) is 1.78. The standard InChI is InChI=1S/C17H14ClFN2O2S/c1-3-23-17(22)14-6-12(8-20)16(21-10(14)2)24-9-11-4-5-13(19)7-15(11)18/h4-7H,3,9H2,1-2H3. The van der Waals surface area contributed by atoms with Crippen LogP contribution in [0.5, 0.6) is 0 Å². The van der Waals surface area contributed by atoms with Gasteiger partial charge in [0.1, 0.15) is 16.9 Å². The van der Waals surface area contributed by atoms with Gasteiger partial charge >= 0.3 is 5.97 Å². The minimum Gasteiger partial charge on any atom is -0.462 e. The average molecular weight is 365 g/mol. The smallest absolute Gasteiger partial charge is 0.340 e. The average Bonchev–Trinajstić information content (AvgIpc) is 2.54. The van der Waals surface area contributed by atoms with Crippen molar-refractivity contribution in [1.82, 2.24) is 4.98 Å². The summed E-state index contributed by atoms with van der Waals surface area (Å²) in [7, 11) is 0. The molecule has 0 saturated carbocycles. The van der Waals surface area contributed by atoms with Crippen LogP contribution < -0.4 is 0 Å². The fraction of sp³-hybridized carbons (Fsp3) is 0.235. The molecule has 0 saturated heterocycles. The normalized spacial score (nSPS) is 10.3. The summed E-state index contributed by atoms with van der Waals surface area (Å²) in [6, 6.07) is 7.68. The van der Waals surface area contributed by atoms with Gasteiger partial charge in [0.05, 0.1) is 23.4 Å². The van der Waals surface area contributed by atoms with E-state index < -0.39 is 11.8 Å². The highest BCUT2D eigenvalue weighted by Crippen LogP contribution is 2.29. The molecule has 1 aromatic heterocycles. The first kappa shape index (κ1) is 18.2. The zero-order valence-corrected chi connectivity index (χ0v) is 14.7. The Morgan fingerprint density at radius 3 is 2.83 bits per heavy atom. The number of carbonyl (C=O) groups excluding carboxylic acids is 1. The number of esters is 1. The summed E-state index contributed by atoms with van der Waals surface area (Å²) in [6.07, 6.45) is 0. The molecule has 0 spiro atoms. The van der Waals surface area contributed by atoms with Gasteiger partial charge in [0.25, 0.3) is 0 Å². The van der Waals surface area contributed by atoms with E-state index in [1.165, 1.54) is 30.0 Å². The third-order valence-electron chi connectivity index (χ3n) is 3.17. The number of aryl methyl sites for hydroxylation is 1. The molecule has 0 aliphatic rings. The van der Waals surface area contributed by atoms with Crippen molar-refractivity contribution in [1.29, 1.82) is 5.26 Å². The van der Waals surface area contributed by atoms with Gasteiger partial charge in [-0.3, -0.25) is 0 Å². The molecule has 1 aromatic carbocycles. The molecule has 0 N–H and O–H groups in total. The van der Waals surface area contributed by atoms with Crippen LogP contribution in [0.15, 0.2) is 29.3 Å². The summed E-state index contributed by atoms with van der Waals surface area (Å²) >= 11 is 7.30. The van der Waals surface area contributed by atoms with Crippen molar-refractivity contribution in [2.24, 2.45) is 0 Å². The highest BCUT2D eigenvalue weighted by Gasteiger charge is 2.16. The maximum Gasteiger partial charge on any atom is 0.340 e. The molecule has 0 unspecified atom stereocenters. The predicted molar refractivity (Wildman–Crippen MR) is 90.6 cm³/mol. The molecule has 0 bridgehead atoms. The fourth-order valence-corrected chi connectivity index (χ4v) is 3.29. The first-order valence-electron chi connectivity index (χ1n) is 7.11. The summed E-state index contributed by atoms with van der Waals surface area (Å²) in [5, 5.41) is 10.1. The number of hydrogen-bond donors (Lipinski definition) is 0. The minimum atomic E-state index is -0.503. The molecule has 7 heteroatoms. The molecule has 0 amide bonds. The molecule has 0 fully saturated rings. The number of nitriles is 1. The molecule has 0 aliphatic carbocycles. The number of rotatable bonds is 5. The molecule has 0 aliphatic heterocycles. The number of halogens is 2. The van der Waals surface area contributed by atoms with E-state index >= 15 is 0 Å². The maximum atomic E-state index is 13.1. The molecule has 2 aromatic rings. The molecular weight excluding hydrogens is 351 g/mol. The van der Waals surface area contributed by atoms with Gasteiger partial charge in [-0.25, -0.2) is 14.2 Å². The number of carbonyl (C=O) groups is 1. The Kier molecular flexibility index (Phi) is 6.18. The molecule has 0 radical (unpaired) electrons. The van der Waals surface area contributed by atoms with Crippen LogP contribution in [-0.4, -0.2) is 17.6 Å². The molecule has 0 atom stereocenters. The number of ether oxygens (including phenoxy) is 1. The lowest BCUT2D eigenvalue weighted by Gasteiger charge is -2.10. The Bertz CT molecular complexity index is 821. The van der Waals surface area contributed by atoms with E-state index in [1.807, 2.05) is 6.07 Å². The Balaban J connectivity index is 2.26. The Morgan fingerprint density at radius 1 is 1.46 bits per heavy atom. The van der Waals surface area contributed by atoms with Gasteiger partial charge in [-0.2, -0.15) is 5.26 Å². The molecule has 1 heterocycles. The number of benzene rings is 1. The van der Waals surface area contributed by atoms with Crippen molar-refractivity contribution in [3.63, 3.8) is 0 Å². The van der Waals surface area contributed by atoms with Gasteiger partial charge in [-0.15, -0.1) is 11.8 Å². The van der Waals surface area contributed by atoms with Crippen LogP contribution in [0.2, 0.25) is 5.02 Å². The second kappa shape index (κ2) is 8.13. The molecule has 24 heavy (non-hydrogen) atoms. The van der Waals surface area contributed by atoms with Crippen LogP contribution in [0.25, 0.3) is 0 Å². The van der Waals surface area contributed by atoms with Crippen LogP contribution in [0.3, 0.4) is 0 Å². The fourth-order valence-electron chi connectivity index (χ4n) is 1.97. The van der Waals surface area contributed by atoms with E-state index in [-0.39, 0.29) is 17.7 Å². The van der Waals surface area contributed by atoms with Gasteiger partial charge in [0, 0.05) is 10.8 Å². The second-order valence-electron chi connectivity index (χ2n) is 4.83. The van der Waals surface area contributed by atoms with E-state index in [2.05, 4.69) is 4.98 Å². The third kappa shape index (κ3) is 4.25. The van der Waals surface area contributed by atoms with Gasteiger partial charge in [0.15, 0.2) is 0 Å². The first-order valence-corrected chi connectivity index (χ1v) is 8.48. The largest absolute Gasteiger partial charge is 0.462 e. The second-order valence-corrected chi connectivity index (χ2v) is 6.20. The number of aromatic nitrogens is 1. The highest BCUT2D eigenvalue weighted by molar-refractivity contribution is 7.98. The monoisotopic (exact) mass is 364 g/mol. The number of thioether (sulfide) groups is 1. The highest BCUT2D eigenvalue weighted by atomic mass is 35.5. The van der Waals surface area contributed by atoms with Crippen molar-refractivity contribution in [3.8, 4) is 6.07 Å². The van der Waals surface area contributed by atoms with Crippen molar-refractivity contribution in [3.05, 3.63) is 57.5 Å². The topological polar surface area (TPSA) is 63.0 Å². The van der Waals surface area contributed by atoms with Crippen molar-refractivity contribution in [2.45, 2.75) is 24.6 Å². The quantitative estimate of drug-likeness (QED) is 0.576. The lowest BCUT2D eigenvalue weighted by molar-refractivity contribution is 0.0524. The SMILES string of the molecule is CCOC(=O)c1cc(C#N)c(SCc2ccc(F)cc2Cl)nc1C. The molecule has 2 rings (SSSR count). The Hall–Kier alpha value is -2.10. The van der Waals surface area contributed by atoms with Crippen LogP contribution in [0, 0.1) is 24.1 Å². The van der Waals surface area contributed by atoms with E-state index in [1.54, 1.807) is 19.9 Å². The molecule has 124 valence electrons. The van der Waals surface area contributed by atoms with E-state index in [0.29, 0.717) is 21.5 Å². The van der Waals surface area contributed by atoms with Crippen molar-refractivity contribution < 1.29 is 13.9 Å². The van der Waals surface area contributed by atoms with Gasteiger partial charge < -0.3 is 4.74 Å². The van der Waals surface area contributed by atoms with Crippen molar-refractivity contribution in [2.75, 3.05) is 6.61 Å². The van der Waals surface area contributed by atoms with E-state index in [9.17, 15) is 14.4 Å². The lowest BCUT2D eigenvalue weighted by atomic mass is 10.1. The van der Waals surface area contributed by atoms with E-state index in [0.717, 1.165) is 5.56 Å². The molecule has 4 nitrogen and oxygen atoms in total. The number of hydrogen-bond acceptors (Lipinski definition) is 5. The minimum absolute atomic E-state index is 0.250. The summed E-state index contributed by atoms with van der Waals surface area (Å²) in [5.74, 6) is -0.477. The molecular formula is C17H14ClFN2O2S. The van der Waals surface area contributed by atoms with Crippen LogP contribution in [0.4, 0.5) is 4.39 Å². The van der Waals surface area contributed by atoms with Gasteiger partial charge in [-0.05, 0) is 37.6 Å². The lowest BCUT2D eigenvalue weighted by Crippen LogP contribution is -2.09. The summed E-state index contributed by atoms with van der Waals surface area (Å²) in [4.78, 5) is 16.2. The summed E-state index contributed by atoms with van der Waals surface area (Å²) in [6.45, 7) is 3.64. The zero-order valence-electron chi connectivity index (χ0n) is 13.1.